The molecule has 0 radical (unpaired) electrons. The highest BCUT2D eigenvalue weighted by Gasteiger charge is 2.13. The number of fused-ring (bicyclic) bond motifs is 1. The van der Waals surface area contributed by atoms with E-state index in [4.69, 9.17) is 0 Å². The smallest absolute Gasteiger partial charge is 0.230 e. The predicted molar refractivity (Wildman–Crippen MR) is 75.8 cm³/mol. The molecule has 0 unspecified atom stereocenters. The van der Waals surface area contributed by atoms with Gasteiger partial charge in [-0.15, -0.1) is 0 Å². The molecule has 1 N–H and O–H groups in total. The van der Waals surface area contributed by atoms with Crippen LogP contribution in [0.25, 0.3) is 11.0 Å². The highest BCUT2D eigenvalue weighted by Crippen LogP contribution is 2.22. The van der Waals surface area contributed by atoms with Gasteiger partial charge in [0.05, 0.1) is 11.0 Å². The summed E-state index contributed by atoms with van der Waals surface area (Å²) >= 11 is 0. The van der Waals surface area contributed by atoms with Gasteiger partial charge in [-0.3, -0.25) is 4.79 Å². The molecule has 0 saturated carbocycles. The summed E-state index contributed by atoms with van der Waals surface area (Å²) < 4.78 is 1.59. The van der Waals surface area contributed by atoms with E-state index in [-0.39, 0.29) is 5.91 Å². The highest BCUT2D eigenvalue weighted by atomic mass is 16.1. The molecule has 3 rings (SSSR count). The van der Waals surface area contributed by atoms with Crippen LogP contribution in [0.5, 0.6) is 0 Å². The van der Waals surface area contributed by atoms with Crippen molar-refractivity contribution in [3.63, 3.8) is 0 Å². The van der Waals surface area contributed by atoms with Gasteiger partial charge in [-0.05, 0) is 24.3 Å². The van der Waals surface area contributed by atoms with Gasteiger partial charge in [0, 0.05) is 12.6 Å². The number of aromatic nitrogens is 2. The summed E-state index contributed by atoms with van der Waals surface area (Å²) in [5.41, 5.74) is 2.52. The van der Waals surface area contributed by atoms with Gasteiger partial charge in [0.1, 0.15) is 0 Å². The number of hydrogen-bond acceptors (Lipinski definition) is 3. The SMILES string of the molecule is CC(=O)n1c(Nc2ccccc2)nc2ccccc21. The van der Waals surface area contributed by atoms with Crippen molar-refractivity contribution in [3.8, 4) is 0 Å². The van der Waals surface area contributed by atoms with Gasteiger partial charge in [-0.2, -0.15) is 0 Å². The minimum Gasteiger partial charge on any atom is -0.325 e. The molecular formula is C15H13N3O. The molecule has 0 amide bonds. The highest BCUT2D eigenvalue weighted by molar-refractivity contribution is 5.93. The quantitative estimate of drug-likeness (QED) is 0.759. The van der Waals surface area contributed by atoms with Crippen LogP contribution in [0.1, 0.15) is 11.7 Å². The Bertz CT molecular complexity index is 731. The van der Waals surface area contributed by atoms with Crippen molar-refractivity contribution in [1.82, 2.24) is 9.55 Å². The third kappa shape index (κ3) is 2.08. The number of imidazole rings is 1. The van der Waals surface area contributed by atoms with Crippen LogP contribution < -0.4 is 5.32 Å². The lowest BCUT2D eigenvalue weighted by atomic mass is 10.3. The summed E-state index contributed by atoms with van der Waals surface area (Å²) in [5.74, 6) is 0.479. The first-order valence-corrected chi connectivity index (χ1v) is 6.06. The summed E-state index contributed by atoms with van der Waals surface area (Å²) in [4.78, 5) is 16.3. The molecule has 3 aromatic rings. The minimum absolute atomic E-state index is 0.0628. The fourth-order valence-corrected chi connectivity index (χ4v) is 2.08. The zero-order chi connectivity index (χ0) is 13.2. The molecule has 0 atom stereocenters. The van der Waals surface area contributed by atoms with Crippen molar-refractivity contribution in [2.75, 3.05) is 5.32 Å². The number of benzene rings is 2. The standard InChI is InChI=1S/C15H13N3O/c1-11(19)18-14-10-6-5-9-13(14)17-15(18)16-12-7-3-2-4-8-12/h2-10H,1H3,(H,16,17). The predicted octanol–water partition coefficient (Wildman–Crippen LogP) is 3.44. The molecule has 2 aromatic carbocycles. The third-order valence-corrected chi connectivity index (χ3v) is 2.91. The molecule has 0 saturated heterocycles. The van der Waals surface area contributed by atoms with E-state index in [1.54, 1.807) is 4.57 Å². The second kappa shape index (κ2) is 4.57. The van der Waals surface area contributed by atoms with E-state index in [0.717, 1.165) is 16.7 Å². The third-order valence-electron chi connectivity index (χ3n) is 2.91. The Morgan fingerprint density at radius 1 is 1.05 bits per heavy atom. The maximum atomic E-state index is 11.8. The largest absolute Gasteiger partial charge is 0.325 e. The Hall–Kier alpha value is -2.62. The summed E-state index contributed by atoms with van der Waals surface area (Å²) in [6.07, 6.45) is 0. The van der Waals surface area contributed by atoms with Crippen LogP contribution >= 0.6 is 0 Å². The lowest BCUT2D eigenvalue weighted by Gasteiger charge is -2.07. The van der Waals surface area contributed by atoms with Crippen LogP contribution in [-0.4, -0.2) is 15.5 Å². The molecule has 19 heavy (non-hydrogen) atoms. The molecule has 1 aromatic heterocycles. The van der Waals surface area contributed by atoms with Crippen LogP contribution in [0.3, 0.4) is 0 Å². The van der Waals surface area contributed by atoms with Crippen molar-refractivity contribution < 1.29 is 4.79 Å². The Labute approximate surface area is 110 Å². The summed E-state index contributed by atoms with van der Waals surface area (Å²) in [5, 5.41) is 3.17. The van der Waals surface area contributed by atoms with Crippen LogP contribution in [0.15, 0.2) is 54.6 Å². The molecule has 0 spiro atoms. The number of anilines is 2. The van der Waals surface area contributed by atoms with E-state index in [2.05, 4.69) is 10.3 Å². The Morgan fingerprint density at radius 2 is 1.74 bits per heavy atom. The van der Waals surface area contributed by atoms with Gasteiger partial charge < -0.3 is 5.32 Å². The van der Waals surface area contributed by atoms with E-state index < -0.39 is 0 Å². The van der Waals surface area contributed by atoms with Crippen molar-refractivity contribution in [2.45, 2.75) is 6.92 Å². The normalized spacial score (nSPS) is 10.6. The fraction of sp³-hybridized carbons (Fsp3) is 0.0667. The minimum atomic E-state index is -0.0628. The molecular weight excluding hydrogens is 238 g/mol. The average molecular weight is 251 g/mol. The molecule has 4 nitrogen and oxygen atoms in total. The van der Waals surface area contributed by atoms with Gasteiger partial charge in [-0.25, -0.2) is 9.55 Å². The topological polar surface area (TPSA) is 46.9 Å². The Balaban J connectivity index is 2.13. The summed E-state index contributed by atoms with van der Waals surface area (Å²) in [6, 6.07) is 17.3. The van der Waals surface area contributed by atoms with Gasteiger partial charge in [0.2, 0.25) is 11.9 Å². The van der Waals surface area contributed by atoms with Gasteiger partial charge in [-0.1, -0.05) is 30.3 Å². The first-order chi connectivity index (χ1) is 9.25. The molecule has 1 heterocycles. The van der Waals surface area contributed by atoms with E-state index in [0.29, 0.717) is 5.95 Å². The van der Waals surface area contributed by atoms with Crippen molar-refractivity contribution in [3.05, 3.63) is 54.6 Å². The summed E-state index contributed by atoms with van der Waals surface area (Å²) in [7, 11) is 0. The Kier molecular flexibility index (Phi) is 2.76. The molecule has 4 heteroatoms. The van der Waals surface area contributed by atoms with Crippen LogP contribution in [0, 0.1) is 0 Å². The van der Waals surface area contributed by atoms with Gasteiger partial charge in [0.15, 0.2) is 0 Å². The number of nitrogens with one attached hydrogen (secondary N) is 1. The van der Waals surface area contributed by atoms with Crippen molar-refractivity contribution >= 4 is 28.6 Å². The number of nitrogens with zero attached hydrogens (tertiary/aromatic N) is 2. The van der Waals surface area contributed by atoms with Gasteiger partial charge >= 0.3 is 0 Å². The first-order valence-electron chi connectivity index (χ1n) is 6.06. The van der Waals surface area contributed by atoms with Crippen LogP contribution in [0.4, 0.5) is 11.6 Å². The second-order valence-corrected chi connectivity index (χ2v) is 4.27. The molecule has 0 bridgehead atoms. The lowest BCUT2D eigenvalue weighted by molar-refractivity contribution is 0.0943. The maximum absolute atomic E-state index is 11.8. The van der Waals surface area contributed by atoms with E-state index in [9.17, 15) is 4.79 Å². The van der Waals surface area contributed by atoms with E-state index >= 15 is 0 Å². The maximum Gasteiger partial charge on any atom is 0.230 e. The molecule has 94 valence electrons. The monoisotopic (exact) mass is 251 g/mol. The first kappa shape index (κ1) is 11.5. The molecule has 0 aliphatic rings. The molecule has 0 aliphatic carbocycles. The van der Waals surface area contributed by atoms with E-state index in [1.807, 2.05) is 54.6 Å². The average Bonchev–Trinajstić information content (AvgIpc) is 2.77. The van der Waals surface area contributed by atoms with Crippen molar-refractivity contribution in [1.29, 1.82) is 0 Å². The fourth-order valence-electron chi connectivity index (χ4n) is 2.08. The zero-order valence-corrected chi connectivity index (χ0v) is 10.5. The van der Waals surface area contributed by atoms with Crippen LogP contribution in [0.2, 0.25) is 0 Å². The van der Waals surface area contributed by atoms with Crippen LogP contribution in [-0.2, 0) is 0 Å². The second-order valence-electron chi connectivity index (χ2n) is 4.27. The zero-order valence-electron chi connectivity index (χ0n) is 10.5. The number of carbonyl (C=O) groups is 1. The van der Waals surface area contributed by atoms with Gasteiger partial charge in [0.25, 0.3) is 0 Å². The number of para-hydroxylation sites is 3. The summed E-state index contributed by atoms with van der Waals surface area (Å²) in [6.45, 7) is 1.53. The Morgan fingerprint density at radius 3 is 2.47 bits per heavy atom. The number of rotatable bonds is 2. The lowest BCUT2D eigenvalue weighted by Crippen LogP contribution is -2.09. The number of carbonyl (C=O) groups excluding carboxylic acids is 1. The molecule has 0 aliphatic heterocycles. The van der Waals surface area contributed by atoms with E-state index in [1.165, 1.54) is 6.92 Å². The number of hydrogen-bond donors (Lipinski definition) is 1. The van der Waals surface area contributed by atoms with Crippen molar-refractivity contribution in [2.24, 2.45) is 0 Å². The molecule has 0 fully saturated rings.